The van der Waals surface area contributed by atoms with Gasteiger partial charge in [-0.1, -0.05) is 0 Å². The standard InChI is InChI=1S/C12H23N3O/c1-16-8-10-2-5-15(7-10)9-12(3-4-12)6-11(13)14/h10H,2-9H2,1H3,(H3,13,14). The molecule has 3 N–H and O–H groups in total. The van der Waals surface area contributed by atoms with Gasteiger partial charge in [0.2, 0.25) is 0 Å². The van der Waals surface area contributed by atoms with Crippen molar-refractivity contribution in [3.8, 4) is 0 Å². The summed E-state index contributed by atoms with van der Waals surface area (Å²) in [6, 6.07) is 0. The maximum atomic E-state index is 7.41. The SMILES string of the molecule is COCC1CCN(CC2(CC(=N)N)CC2)C1. The van der Waals surface area contributed by atoms with E-state index in [0.29, 0.717) is 17.2 Å². The van der Waals surface area contributed by atoms with Crippen LogP contribution < -0.4 is 5.73 Å². The Balaban J connectivity index is 1.76. The molecule has 2 fully saturated rings. The second kappa shape index (κ2) is 4.72. The molecule has 2 rings (SSSR count). The summed E-state index contributed by atoms with van der Waals surface area (Å²) in [5, 5.41) is 7.41. The first kappa shape index (κ1) is 11.9. The van der Waals surface area contributed by atoms with Crippen molar-refractivity contribution in [3.05, 3.63) is 0 Å². The van der Waals surface area contributed by atoms with E-state index in [9.17, 15) is 0 Å². The zero-order chi connectivity index (χ0) is 11.6. The van der Waals surface area contributed by atoms with E-state index in [4.69, 9.17) is 15.9 Å². The second-order valence-corrected chi connectivity index (χ2v) is 5.55. The van der Waals surface area contributed by atoms with E-state index in [0.717, 1.165) is 26.1 Å². The Labute approximate surface area is 97.6 Å². The van der Waals surface area contributed by atoms with Gasteiger partial charge in [-0.25, -0.2) is 0 Å². The van der Waals surface area contributed by atoms with Crippen molar-refractivity contribution < 1.29 is 4.74 Å². The van der Waals surface area contributed by atoms with Crippen molar-refractivity contribution in [3.63, 3.8) is 0 Å². The van der Waals surface area contributed by atoms with Gasteiger partial charge in [0, 0.05) is 26.6 Å². The molecule has 0 aromatic carbocycles. The molecular formula is C12H23N3O. The minimum Gasteiger partial charge on any atom is -0.388 e. The van der Waals surface area contributed by atoms with E-state index >= 15 is 0 Å². The fraction of sp³-hybridized carbons (Fsp3) is 0.917. The zero-order valence-corrected chi connectivity index (χ0v) is 10.2. The lowest BCUT2D eigenvalue weighted by Gasteiger charge is -2.23. The molecule has 4 nitrogen and oxygen atoms in total. The summed E-state index contributed by atoms with van der Waals surface area (Å²) in [4.78, 5) is 2.53. The van der Waals surface area contributed by atoms with Gasteiger partial charge in [0.1, 0.15) is 0 Å². The number of nitrogens with two attached hydrogens (primary N) is 1. The lowest BCUT2D eigenvalue weighted by atomic mass is 10.0. The van der Waals surface area contributed by atoms with Crippen LogP contribution in [-0.4, -0.2) is 44.1 Å². The van der Waals surface area contributed by atoms with Crippen molar-refractivity contribution in [2.45, 2.75) is 25.7 Å². The molecule has 0 aromatic heterocycles. The molecule has 1 saturated carbocycles. The molecule has 1 aliphatic heterocycles. The average molecular weight is 225 g/mol. The molecule has 4 heteroatoms. The number of hydrogen-bond donors (Lipinski definition) is 2. The summed E-state index contributed by atoms with van der Waals surface area (Å²) in [5.74, 6) is 1.06. The molecule has 1 saturated heterocycles. The average Bonchev–Trinajstić information content (AvgIpc) is 2.77. The molecule has 0 bridgehead atoms. The van der Waals surface area contributed by atoms with Gasteiger partial charge in [-0.15, -0.1) is 0 Å². The topological polar surface area (TPSA) is 62.3 Å². The van der Waals surface area contributed by atoms with Crippen molar-refractivity contribution in [2.24, 2.45) is 17.1 Å². The highest BCUT2D eigenvalue weighted by Gasteiger charge is 2.45. The Hall–Kier alpha value is -0.610. The van der Waals surface area contributed by atoms with Gasteiger partial charge >= 0.3 is 0 Å². The Morgan fingerprint density at radius 2 is 2.31 bits per heavy atom. The summed E-state index contributed by atoms with van der Waals surface area (Å²) in [6.45, 7) is 4.37. The van der Waals surface area contributed by atoms with E-state index in [2.05, 4.69) is 4.90 Å². The number of nitrogens with zero attached hydrogens (tertiary/aromatic N) is 1. The van der Waals surface area contributed by atoms with Crippen LogP contribution in [0.3, 0.4) is 0 Å². The second-order valence-electron chi connectivity index (χ2n) is 5.55. The van der Waals surface area contributed by atoms with Gasteiger partial charge < -0.3 is 15.4 Å². The summed E-state index contributed by atoms with van der Waals surface area (Å²) in [5.41, 5.74) is 5.87. The van der Waals surface area contributed by atoms with E-state index in [1.807, 2.05) is 0 Å². The monoisotopic (exact) mass is 225 g/mol. The summed E-state index contributed by atoms with van der Waals surface area (Å²) >= 11 is 0. The Kier molecular flexibility index (Phi) is 3.50. The number of amidine groups is 1. The highest BCUT2D eigenvalue weighted by Crippen LogP contribution is 2.49. The quantitative estimate of drug-likeness (QED) is 0.525. The maximum absolute atomic E-state index is 7.41. The first-order valence-electron chi connectivity index (χ1n) is 6.18. The molecule has 0 amide bonds. The van der Waals surface area contributed by atoms with Crippen LogP contribution >= 0.6 is 0 Å². The number of hydrogen-bond acceptors (Lipinski definition) is 3. The lowest BCUT2D eigenvalue weighted by Crippen LogP contribution is -2.31. The van der Waals surface area contributed by atoms with E-state index in [1.165, 1.54) is 25.8 Å². The lowest BCUT2D eigenvalue weighted by molar-refractivity contribution is 0.150. The van der Waals surface area contributed by atoms with E-state index in [-0.39, 0.29) is 0 Å². The maximum Gasteiger partial charge on any atom is 0.0911 e. The molecule has 1 unspecified atom stereocenters. The number of nitrogens with one attached hydrogen (secondary N) is 1. The summed E-state index contributed by atoms with van der Waals surface area (Å²) in [7, 11) is 1.78. The number of ether oxygens (including phenoxy) is 1. The molecule has 0 spiro atoms. The number of rotatable bonds is 6. The van der Waals surface area contributed by atoms with Crippen molar-refractivity contribution in [1.82, 2.24) is 4.90 Å². The first-order chi connectivity index (χ1) is 7.63. The highest BCUT2D eigenvalue weighted by atomic mass is 16.5. The van der Waals surface area contributed by atoms with Crippen molar-refractivity contribution >= 4 is 5.84 Å². The Morgan fingerprint density at radius 1 is 1.56 bits per heavy atom. The predicted molar refractivity (Wildman–Crippen MR) is 64.6 cm³/mol. The normalized spacial score (nSPS) is 28.2. The molecule has 0 aromatic rings. The van der Waals surface area contributed by atoms with Gasteiger partial charge in [0.05, 0.1) is 12.4 Å². The Morgan fingerprint density at radius 3 is 2.88 bits per heavy atom. The highest BCUT2D eigenvalue weighted by molar-refractivity contribution is 5.78. The molecule has 1 atom stereocenters. The fourth-order valence-corrected chi connectivity index (χ4v) is 2.87. The molecular weight excluding hydrogens is 202 g/mol. The van der Waals surface area contributed by atoms with Crippen LogP contribution in [0.4, 0.5) is 0 Å². The van der Waals surface area contributed by atoms with Crippen LogP contribution in [-0.2, 0) is 4.74 Å². The molecule has 16 heavy (non-hydrogen) atoms. The fourth-order valence-electron chi connectivity index (χ4n) is 2.87. The van der Waals surface area contributed by atoms with Gasteiger partial charge in [-0.05, 0) is 37.1 Å². The van der Waals surface area contributed by atoms with Crippen LogP contribution in [0, 0.1) is 16.7 Å². The minimum atomic E-state index is 0.352. The molecule has 92 valence electrons. The largest absolute Gasteiger partial charge is 0.388 e. The third-order valence-electron chi connectivity index (χ3n) is 3.85. The van der Waals surface area contributed by atoms with Crippen LogP contribution in [0.2, 0.25) is 0 Å². The third kappa shape index (κ3) is 2.95. The molecule has 1 heterocycles. The van der Waals surface area contributed by atoms with Gasteiger partial charge in [-0.2, -0.15) is 0 Å². The first-order valence-corrected chi connectivity index (χ1v) is 6.18. The van der Waals surface area contributed by atoms with Gasteiger partial charge in [0.25, 0.3) is 0 Å². The molecule has 0 radical (unpaired) electrons. The Bertz CT molecular complexity index is 263. The number of methoxy groups -OCH3 is 1. The van der Waals surface area contributed by atoms with E-state index in [1.54, 1.807) is 7.11 Å². The van der Waals surface area contributed by atoms with Gasteiger partial charge in [-0.3, -0.25) is 5.41 Å². The summed E-state index contributed by atoms with van der Waals surface area (Å²) < 4.78 is 5.20. The zero-order valence-electron chi connectivity index (χ0n) is 10.2. The van der Waals surface area contributed by atoms with Crippen molar-refractivity contribution in [2.75, 3.05) is 33.4 Å². The summed E-state index contributed by atoms with van der Waals surface area (Å²) in [6.07, 6.45) is 4.54. The van der Waals surface area contributed by atoms with Crippen LogP contribution in [0.1, 0.15) is 25.7 Å². The number of likely N-dealkylation sites (tertiary alicyclic amines) is 1. The molecule has 1 aliphatic carbocycles. The smallest absolute Gasteiger partial charge is 0.0911 e. The van der Waals surface area contributed by atoms with Crippen LogP contribution in [0.15, 0.2) is 0 Å². The minimum absolute atomic E-state index is 0.352. The van der Waals surface area contributed by atoms with Crippen LogP contribution in [0.5, 0.6) is 0 Å². The molecule has 2 aliphatic rings. The predicted octanol–water partition coefficient (Wildman–Crippen LogP) is 1.06. The van der Waals surface area contributed by atoms with E-state index < -0.39 is 0 Å². The van der Waals surface area contributed by atoms with Crippen LogP contribution in [0.25, 0.3) is 0 Å². The third-order valence-corrected chi connectivity index (χ3v) is 3.85. The van der Waals surface area contributed by atoms with Crippen molar-refractivity contribution in [1.29, 1.82) is 5.41 Å². The van der Waals surface area contributed by atoms with Gasteiger partial charge in [0.15, 0.2) is 0 Å².